The van der Waals surface area contributed by atoms with Gasteiger partial charge in [0.25, 0.3) is 0 Å². The normalized spacial score (nSPS) is 30.6. The number of hydrogen-bond acceptors (Lipinski definition) is 2. The molecule has 1 aliphatic rings. The van der Waals surface area contributed by atoms with E-state index >= 15 is 0 Å². The summed E-state index contributed by atoms with van der Waals surface area (Å²) in [6.07, 6.45) is 5.41. The first-order valence-electron chi connectivity index (χ1n) is 6.07. The first-order valence-corrected chi connectivity index (χ1v) is 6.07. The molecule has 0 aromatic heterocycles. The Hall–Kier alpha value is -0.0800. The predicted octanol–water partition coefficient (Wildman–Crippen LogP) is 2.31. The van der Waals surface area contributed by atoms with E-state index in [0.717, 1.165) is 25.7 Å². The van der Waals surface area contributed by atoms with Crippen molar-refractivity contribution in [2.75, 3.05) is 0 Å². The lowest BCUT2D eigenvalue weighted by molar-refractivity contribution is 0.112. The summed E-state index contributed by atoms with van der Waals surface area (Å²) in [4.78, 5) is 0. The highest BCUT2D eigenvalue weighted by Crippen LogP contribution is 2.20. The molecule has 1 fully saturated rings. The highest BCUT2D eigenvalue weighted by atomic mass is 16.3. The van der Waals surface area contributed by atoms with Crippen LogP contribution >= 0.6 is 0 Å². The Kier molecular flexibility index (Phi) is 4.90. The van der Waals surface area contributed by atoms with Gasteiger partial charge >= 0.3 is 0 Å². The number of nitrogens with one attached hydrogen (secondary N) is 1. The molecule has 1 atom stereocenters. The van der Waals surface area contributed by atoms with Crippen LogP contribution in [-0.2, 0) is 0 Å². The second-order valence-corrected chi connectivity index (χ2v) is 4.93. The number of aliphatic hydroxyl groups is 1. The van der Waals surface area contributed by atoms with E-state index in [1.54, 1.807) is 0 Å². The van der Waals surface area contributed by atoms with Crippen LogP contribution in [0.3, 0.4) is 0 Å². The zero-order valence-corrected chi connectivity index (χ0v) is 9.79. The van der Waals surface area contributed by atoms with Crippen LogP contribution in [0.4, 0.5) is 0 Å². The van der Waals surface area contributed by atoms with Crippen molar-refractivity contribution in [2.45, 2.75) is 71.1 Å². The second-order valence-electron chi connectivity index (χ2n) is 4.93. The molecule has 84 valence electrons. The molecular formula is C12H25NO. The molecule has 0 aliphatic heterocycles. The fourth-order valence-electron chi connectivity index (χ4n) is 2.33. The van der Waals surface area contributed by atoms with Crippen molar-refractivity contribution < 1.29 is 5.11 Å². The third-order valence-electron chi connectivity index (χ3n) is 3.39. The average molecular weight is 199 g/mol. The smallest absolute Gasteiger partial charge is 0.0541 e. The molecule has 0 bridgehead atoms. The summed E-state index contributed by atoms with van der Waals surface area (Å²) in [5, 5.41) is 13.1. The van der Waals surface area contributed by atoms with Crippen LogP contribution in [0.25, 0.3) is 0 Å². The van der Waals surface area contributed by atoms with Crippen LogP contribution < -0.4 is 5.32 Å². The zero-order valence-electron chi connectivity index (χ0n) is 9.79. The fourth-order valence-corrected chi connectivity index (χ4v) is 2.33. The SMILES string of the molecule is CC[C@H](NC1CCC(O)CC1)C(C)C. The van der Waals surface area contributed by atoms with Gasteiger partial charge in [0.15, 0.2) is 0 Å². The first kappa shape index (κ1) is 12.0. The Balaban J connectivity index is 2.29. The van der Waals surface area contributed by atoms with Crippen molar-refractivity contribution in [3.05, 3.63) is 0 Å². The molecule has 0 radical (unpaired) electrons. The van der Waals surface area contributed by atoms with Crippen LogP contribution in [0.2, 0.25) is 0 Å². The maximum absolute atomic E-state index is 9.40. The highest BCUT2D eigenvalue weighted by molar-refractivity contribution is 4.80. The zero-order chi connectivity index (χ0) is 10.6. The molecule has 1 aliphatic carbocycles. The summed E-state index contributed by atoms with van der Waals surface area (Å²) in [5.74, 6) is 0.715. The molecule has 1 rings (SSSR count). The lowest BCUT2D eigenvalue weighted by Crippen LogP contribution is -2.43. The van der Waals surface area contributed by atoms with Gasteiger partial charge in [0.05, 0.1) is 6.10 Å². The minimum Gasteiger partial charge on any atom is -0.393 e. The maximum Gasteiger partial charge on any atom is 0.0541 e. The maximum atomic E-state index is 9.40. The lowest BCUT2D eigenvalue weighted by Gasteiger charge is -2.31. The molecule has 1 saturated carbocycles. The highest BCUT2D eigenvalue weighted by Gasteiger charge is 2.22. The Morgan fingerprint density at radius 1 is 1.21 bits per heavy atom. The average Bonchev–Trinajstić information content (AvgIpc) is 2.16. The summed E-state index contributed by atoms with van der Waals surface area (Å²) < 4.78 is 0. The van der Waals surface area contributed by atoms with E-state index in [1.165, 1.54) is 6.42 Å². The molecular weight excluding hydrogens is 174 g/mol. The molecule has 2 heteroatoms. The van der Waals surface area contributed by atoms with Crippen LogP contribution in [0.1, 0.15) is 52.9 Å². The molecule has 0 aromatic carbocycles. The van der Waals surface area contributed by atoms with E-state index in [1.807, 2.05) is 0 Å². The van der Waals surface area contributed by atoms with Gasteiger partial charge in [-0.1, -0.05) is 20.8 Å². The quantitative estimate of drug-likeness (QED) is 0.728. The summed E-state index contributed by atoms with van der Waals surface area (Å²) in [5.41, 5.74) is 0. The predicted molar refractivity (Wildman–Crippen MR) is 60.3 cm³/mol. The Labute approximate surface area is 88.1 Å². The van der Waals surface area contributed by atoms with Gasteiger partial charge in [-0.15, -0.1) is 0 Å². The molecule has 2 nitrogen and oxygen atoms in total. The van der Waals surface area contributed by atoms with Gasteiger partial charge < -0.3 is 10.4 Å². The number of rotatable bonds is 4. The van der Waals surface area contributed by atoms with Crippen LogP contribution in [0.15, 0.2) is 0 Å². The van der Waals surface area contributed by atoms with Crippen molar-refractivity contribution >= 4 is 0 Å². The monoisotopic (exact) mass is 199 g/mol. The topological polar surface area (TPSA) is 32.3 Å². The summed E-state index contributed by atoms with van der Waals surface area (Å²) in [6, 6.07) is 1.29. The van der Waals surface area contributed by atoms with Gasteiger partial charge in [0, 0.05) is 12.1 Å². The standard InChI is InChI=1S/C12H25NO/c1-4-12(9(2)3)13-10-5-7-11(14)8-6-10/h9-14H,4-8H2,1-3H3/t10?,11?,12-/m0/s1. The van der Waals surface area contributed by atoms with Gasteiger partial charge in [0.1, 0.15) is 0 Å². The van der Waals surface area contributed by atoms with Crippen LogP contribution in [0, 0.1) is 5.92 Å². The Morgan fingerprint density at radius 2 is 1.79 bits per heavy atom. The largest absolute Gasteiger partial charge is 0.393 e. The van der Waals surface area contributed by atoms with E-state index in [-0.39, 0.29) is 6.10 Å². The molecule has 0 unspecified atom stereocenters. The third kappa shape index (κ3) is 3.58. The summed E-state index contributed by atoms with van der Waals surface area (Å²) >= 11 is 0. The first-order chi connectivity index (χ1) is 6.63. The Morgan fingerprint density at radius 3 is 2.21 bits per heavy atom. The van der Waals surface area contributed by atoms with E-state index < -0.39 is 0 Å². The summed E-state index contributed by atoms with van der Waals surface area (Å²) in [6.45, 7) is 6.80. The minimum atomic E-state index is -0.0350. The van der Waals surface area contributed by atoms with E-state index in [4.69, 9.17) is 0 Å². The molecule has 0 heterocycles. The number of hydrogen-bond donors (Lipinski definition) is 2. The molecule has 0 aromatic rings. The third-order valence-corrected chi connectivity index (χ3v) is 3.39. The van der Waals surface area contributed by atoms with Crippen molar-refractivity contribution in [2.24, 2.45) is 5.92 Å². The molecule has 2 N–H and O–H groups in total. The lowest BCUT2D eigenvalue weighted by atomic mass is 9.91. The van der Waals surface area contributed by atoms with Gasteiger partial charge in [-0.05, 0) is 38.0 Å². The fraction of sp³-hybridized carbons (Fsp3) is 1.00. The molecule has 0 amide bonds. The number of aliphatic hydroxyl groups excluding tert-OH is 1. The minimum absolute atomic E-state index is 0.0350. The van der Waals surface area contributed by atoms with Crippen LogP contribution in [-0.4, -0.2) is 23.3 Å². The van der Waals surface area contributed by atoms with Gasteiger partial charge in [-0.2, -0.15) is 0 Å². The van der Waals surface area contributed by atoms with Gasteiger partial charge in [0.2, 0.25) is 0 Å². The summed E-state index contributed by atoms with van der Waals surface area (Å²) in [7, 11) is 0. The molecule has 0 saturated heterocycles. The van der Waals surface area contributed by atoms with Crippen molar-refractivity contribution in [1.29, 1.82) is 0 Å². The van der Waals surface area contributed by atoms with Crippen molar-refractivity contribution in [3.8, 4) is 0 Å². The van der Waals surface area contributed by atoms with Gasteiger partial charge in [-0.25, -0.2) is 0 Å². The Bertz CT molecular complexity index is 150. The second kappa shape index (κ2) is 5.72. The van der Waals surface area contributed by atoms with Gasteiger partial charge in [-0.3, -0.25) is 0 Å². The van der Waals surface area contributed by atoms with Crippen LogP contribution in [0.5, 0.6) is 0 Å². The van der Waals surface area contributed by atoms with E-state index in [0.29, 0.717) is 18.0 Å². The van der Waals surface area contributed by atoms with E-state index in [2.05, 4.69) is 26.1 Å². The van der Waals surface area contributed by atoms with Crippen molar-refractivity contribution in [3.63, 3.8) is 0 Å². The van der Waals surface area contributed by atoms with Crippen molar-refractivity contribution in [1.82, 2.24) is 5.32 Å². The van der Waals surface area contributed by atoms with E-state index in [9.17, 15) is 5.11 Å². The molecule has 14 heavy (non-hydrogen) atoms. The molecule has 0 spiro atoms.